The maximum atomic E-state index is 9.87. The van der Waals surface area contributed by atoms with E-state index in [0.717, 1.165) is 0 Å². The molecule has 0 amide bonds. The van der Waals surface area contributed by atoms with Gasteiger partial charge < -0.3 is 0 Å². The number of hydrogen-bond donors (Lipinski definition) is 0. The van der Waals surface area contributed by atoms with Gasteiger partial charge in [-0.2, -0.15) is 0 Å². The Hall–Kier alpha value is -1.91. The first-order valence-corrected chi connectivity index (χ1v) is 3.79. The van der Waals surface area contributed by atoms with Gasteiger partial charge in [-0.25, -0.2) is 0 Å². The van der Waals surface area contributed by atoms with E-state index in [4.69, 9.17) is 0 Å². The van der Waals surface area contributed by atoms with Gasteiger partial charge in [0.1, 0.15) is 0 Å². The van der Waals surface area contributed by atoms with Crippen LogP contribution in [-0.4, -0.2) is 16.0 Å². The number of hydrogen-bond acceptors (Lipinski definition) is 8. The molecule has 0 aliphatic heterocycles. The molecule has 0 heterocycles. The summed E-state index contributed by atoms with van der Waals surface area (Å²) in [6, 6.07) is 0. The van der Waals surface area contributed by atoms with Crippen LogP contribution in [0.25, 0.3) is 0 Å². The van der Waals surface area contributed by atoms with Gasteiger partial charge in [-0.1, -0.05) is 0 Å². The predicted octanol–water partition coefficient (Wildman–Crippen LogP) is -1.09. The van der Waals surface area contributed by atoms with Gasteiger partial charge in [-0.3, -0.25) is 0 Å². The average molecular weight is 243 g/mol. The molecule has 0 aromatic carbocycles. The average Bonchev–Trinajstić information content (AvgIpc) is 1.82. The molecule has 0 aromatic heterocycles. The molecule has 0 saturated carbocycles. The van der Waals surface area contributed by atoms with Crippen molar-refractivity contribution in [3.63, 3.8) is 0 Å². The summed E-state index contributed by atoms with van der Waals surface area (Å²) in [5, 5.41) is 39.5. The van der Waals surface area contributed by atoms with E-state index in [2.05, 4.69) is 0 Å². The Labute approximate surface area is 70.6 Å². The van der Waals surface area contributed by atoms with Crippen LogP contribution in [0, 0.1) is 40.5 Å². The Bertz CT molecular complexity index is 231. The molecule has 0 fully saturated rings. The molecule has 13 heavy (non-hydrogen) atoms. The monoisotopic (exact) mass is 242 g/mol. The van der Waals surface area contributed by atoms with E-state index in [1.165, 1.54) is 0 Å². The van der Waals surface area contributed by atoms with Crippen LogP contribution in [-0.2, 0) is 13.2 Å². The number of nitro groups is 4. The van der Waals surface area contributed by atoms with Crippen LogP contribution in [0.5, 0.6) is 0 Å². The van der Waals surface area contributed by atoms with Crippen molar-refractivity contribution in [3.8, 4) is 0 Å². The van der Waals surface area contributed by atoms with Crippen LogP contribution in [0.4, 0.5) is 0 Å². The van der Waals surface area contributed by atoms with E-state index in [1.807, 2.05) is 0 Å². The molecule has 0 saturated heterocycles. The quantitative estimate of drug-likeness (QED) is 0.339. The molecular formula is N4NiO8. The SMILES string of the molecule is O=[N+]([O-])[Ni]([N+](=O)[O-])([N+](=O)[O-])[N+](=O)[O-]. The molecule has 0 N–H and O–H groups in total. The molecule has 0 unspecified atom stereocenters. The van der Waals surface area contributed by atoms with Crippen LogP contribution in [0.3, 0.4) is 0 Å². The van der Waals surface area contributed by atoms with Crippen molar-refractivity contribution in [1.29, 1.82) is 0 Å². The van der Waals surface area contributed by atoms with Crippen molar-refractivity contribution in [2.24, 2.45) is 0 Å². The van der Waals surface area contributed by atoms with Gasteiger partial charge in [0.05, 0.1) is 0 Å². The van der Waals surface area contributed by atoms with Gasteiger partial charge in [0.2, 0.25) is 0 Å². The minimum absolute atomic E-state index is 2.09. The normalized spacial score (nSPS) is 11.7. The summed E-state index contributed by atoms with van der Waals surface area (Å²) in [7, 11) is 0. The van der Waals surface area contributed by atoms with Gasteiger partial charge in [-0.05, 0) is 0 Å². The minimum atomic E-state index is -5.69. The number of nitrogens with zero attached hydrogens (tertiary/aromatic N) is 4. The Morgan fingerprint density at radius 3 is 0.769 bits per heavy atom. The zero-order chi connectivity index (χ0) is 10.8. The zero-order valence-corrected chi connectivity index (χ0v) is 6.36. The van der Waals surface area contributed by atoms with Gasteiger partial charge in [0.25, 0.3) is 0 Å². The Morgan fingerprint density at radius 1 is 0.615 bits per heavy atom. The van der Waals surface area contributed by atoms with E-state index >= 15 is 0 Å². The summed E-state index contributed by atoms with van der Waals surface area (Å²) in [4.78, 5) is 39.5. The van der Waals surface area contributed by atoms with E-state index in [9.17, 15) is 40.5 Å². The fourth-order valence-corrected chi connectivity index (χ4v) is 1.04. The van der Waals surface area contributed by atoms with Crippen molar-refractivity contribution in [3.05, 3.63) is 40.5 Å². The van der Waals surface area contributed by atoms with Crippen LogP contribution in [0.1, 0.15) is 0 Å². The fourth-order valence-electron chi connectivity index (χ4n) is 0.253. The first-order chi connectivity index (χ1) is 5.77. The Morgan fingerprint density at radius 2 is 0.769 bits per heavy atom. The molecule has 0 rings (SSSR count). The third-order valence-electron chi connectivity index (χ3n) is 0.620. The second-order valence-corrected chi connectivity index (χ2v) is 3.77. The summed E-state index contributed by atoms with van der Waals surface area (Å²) >= 11 is -5.69. The third-order valence-corrected chi connectivity index (χ3v) is 2.55. The molecule has 0 bridgehead atoms. The van der Waals surface area contributed by atoms with Gasteiger partial charge in [-0.15, -0.1) is 0 Å². The van der Waals surface area contributed by atoms with Crippen LogP contribution < -0.4 is 0 Å². The van der Waals surface area contributed by atoms with Crippen molar-refractivity contribution in [1.82, 2.24) is 0 Å². The number of rotatable bonds is 4. The van der Waals surface area contributed by atoms with Crippen LogP contribution in [0.2, 0.25) is 0 Å². The summed E-state index contributed by atoms with van der Waals surface area (Å²) in [6.07, 6.45) is 0. The summed E-state index contributed by atoms with van der Waals surface area (Å²) < 4.78 is -8.38. The molecule has 0 radical (unpaired) electrons. The topological polar surface area (TPSA) is 173 Å². The summed E-state index contributed by atoms with van der Waals surface area (Å²) in [5.41, 5.74) is 0. The summed E-state index contributed by atoms with van der Waals surface area (Å²) in [6.45, 7) is 0. The zero-order valence-electron chi connectivity index (χ0n) is 5.37. The molecule has 78 valence electrons. The molecule has 0 aromatic rings. The molecule has 0 spiro atoms. The van der Waals surface area contributed by atoms with Crippen molar-refractivity contribution < 1.29 is 29.3 Å². The molecule has 0 atom stereocenters. The molecule has 0 aliphatic carbocycles. The van der Waals surface area contributed by atoms with Crippen molar-refractivity contribution in [2.75, 3.05) is 0 Å². The van der Waals surface area contributed by atoms with E-state index < -0.39 is 29.3 Å². The van der Waals surface area contributed by atoms with Crippen LogP contribution in [0.15, 0.2) is 0 Å². The predicted molar refractivity (Wildman–Crippen MR) is 28.0 cm³/mol. The molecular weight excluding hydrogens is 243 g/mol. The third kappa shape index (κ3) is 1.35. The van der Waals surface area contributed by atoms with E-state index in [-0.39, 0.29) is 0 Å². The van der Waals surface area contributed by atoms with Gasteiger partial charge in [0.15, 0.2) is 0 Å². The Kier molecular flexibility index (Phi) is 2.75. The standard InChI is InChI=1S/4NO2.Ni/c4*2-1-3;. The molecule has 13 heteroatoms. The van der Waals surface area contributed by atoms with Gasteiger partial charge in [0, 0.05) is 0 Å². The van der Waals surface area contributed by atoms with Crippen molar-refractivity contribution >= 4 is 0 Å². The van der Waals surface area contributed by atoms with Crippen molar-refractivity contribution in [2.45, 2.75) is 0 Å². The summed E-state index contributed by atoms with van der Waals surface area (Å²) in [5.74, 6) is 0. The van der Waals surface area contributed by atoms with Gasteiger partial charge >= 0.3 is 69.7 Å². The first-order valence-electron chi connectivity index (χ1n) is 2.03. The fraction of sp³-hybridized carbons (Fsp3) is 0. The second kappa shape index (κ2) is 3.22. The molecule has 12 nitrogen and oxygen atoms in total. The molecule has 0 aliphatic rings. The maximum absolute atomic E-state index is 9.87. The Balaban J connectivity index is 5.60. The van der Waals surface area contributed by atoms with Crippen LogP contribution >= 0.6 is 0 Å². The second-order valence-electron chi connectivity index (χ2n) is 1.14. The van der Waals surface area contributed by atoms with E-state index in [0.29, 0.717) is 0 Å². The first kappa shape index (κ1) is 11.1. The van der Waals surface area contributed by atoms with E-state index in [1.54, 1.807) is 0 Å².